The van der Waals surface area contributed by atoms with E-state index in [2.05, 4.69) is 25.1 Å². The molecule has 18 heavy (non-hydrogen) atoms. The Morgan fingerprint density at radius 1 is 1.44 bits per heavy atom. The zero-order chi connectivity index (χ0) is 13.9. The summed E-state index contributed by atoms with van der Waals surface area (Å²) in [5.41, 5.74) is 5.37. The molecule has 0 amide bonds. The molecule has 1 aromatic rings. The van der Waals surface area contributed by atoms with Gasteiger partial charge in [0.05, 0.1) is 12.7 Å². The molecule has 0 saturated heterocycles. The summed E-state index contributed by atoms with van der Waals surface area (Å²) in [6.07, 6.45) is 0. The van der Waals surface area contributed by atoms with Crippen LogP contribution in [0.25, 0.3) is 0 Å². The second-order valence-corrected chi connectivity index (χ2v) is 5.77. The number of esters is 1. The minimum Gasteiger partial charge on any atom is -0.465 e. The van der Waals surface area contributed by atoms with Gasteiger partial charge >= 0.3 is 5.97 Å². The maximum absolute atomic E-state index is 11.9. The first-order valence-electron chi connectivity index (χ1n) is 4.73. The number of hydrogen-bond acceptors (Lipinski definition) is 4. The molecule has 0 aliphatic rings. The SMILES string of the molecule is COC(=O)c1ccc(Br)c(S(=O)(=O)/N=C(\C)N)c1. The van der Waals surface area contributed by atoms with Gasteiger partial charge in [-0.1, -0.05) is 0 Å². The summed E-state index contributed by atoms with van der Waals surface area (Å²) in [5, 5.41) is 0. The predicted octanol–water partition coefficient (Wildman–Crippen LogP) is 1.30. The van der Waals surface area contributed by atoms with E-state index in [1.54, 1.807) is 0 Å². The van der Waals surface area contributed by atoms with Gasteiger partial charge in [-0.2, -0.15) is 8.42 Å². The molecule has 8 heteroatoms. The smallest absolute Gasteiger partial charge is 0.337 e. The van der Waals surface area contributed by atoms with E-state index in [9.17, 15) is 13.2 Å². The number of rotatable bonds is 3. The fraction of sp³-hybridized carbons (Fsp3) is 0.200. The molecule has 0 atom stereocenters. The van der Waals surface area contributed by atoms with E-state index in [-0.39, 0.29) is 16.3 Å². The molecule has 0 saturated carbocycles. The predicted molar refractivity (Wildman–Crippen MR) is 70.0 cm³/mol. The Kier molecular flexibility index (Phi) is 4.47. The molecule has 1 rings (SSSR count). The molecular weight excluding hydrogens is 324 g/mol. The van der Waals surface area contributed by atoms with E-state index >= 15 is 0 Å². The molecule has 0 aliphatic carbocycles. The number of ether oxygens (including phenoxy) is 1. The van der Waals surface area contributed by atoms with Gasteiger partial charge in [-0.25, -0.2) is 4.79 Å². The molecule has 0 bridgehead atoms. The van der Waals surface area contributed by atoms with Gasteiger partial charge in [-0.3, -0.25) is 0 Å². The standard InChI is InChI=1S/C10H11BrN2O4S/c1-6(12)13-18(15,16)9-5-7(10(14)17-2)3-4-8(9)11/h3-5H,1-2H3,(H2,12,13). The first-order valence-corrected chi connectivity index (χ1v) is 6.96. The van der Waals surface area contributed by atoms with Crippen LogP contribution >= 0.6 is 15.9 Å². The highest BCUT2D eigenvalue weighted by Gasteiger charge is 2.19. The Hall–Kier alpha value is -1.41. The molecule has 6 nitrogen and oxygen atoms in total. The number of nitrogens with zero attached hydrogens (tertiary/aromatic N) is 1. The monoisotopic (exact) mass is 334 g/mol. The first kappa shape index (κ1) is 14.7. The van der Waals surface area contributed by atoms with Gasteiger partial charge in [0.15, 0.2) is 0 Å². The molecule has 1 aromatic carbocycles. The van der Waals surface area contributed by atoms with Crippen molar-refractivity contribution in [1.29, 1.82) is 0 Å². The molecule has 98 valence electrons. The maximum atomic E-state index is 11.9. The highest BCUT2D eigenvalue weighted by atomic mass is 79.9. The molecule has 0 fully saturated rings. The first-order chi connectivity index (χ1) is 8.27. The maximum Gasteiger partial charge on any atom is 0.337 e. The third-order valence-corrected chi connectivity index (χ3v) is 4.27. The van der Waals surface area contributed by atoms with E-state index in [0.717, 1.165) is 0 Å². The van der Waals surface area contributed by atoms with E-state index in [1.165, 1.54) is 32.2 Å². The van der Waals surface area contributed by atoms with E-state index in [0.29, 0.717) is 4.47 Å². The molecular formula is C10H11BrN2O4S. The summed E-state index contributed by atoms with van der Waals surface area (Å²) in [6.45, 7) is 1.36. The Balaban J connectivity index is 3.42. The average Bonchev–Trinajstić information content (AvgIpc) is 2.26. The number of hydrogen-bond donors (Lipinski definition) is 1. The lowest BCUT2D eigenvalue weighted by Gasteiger charge is -2.05. The third-order valence-electron chi connectivity index (χ3n) is 1.89. The highest BCUT2D eigenvalue weighted by molar-refractivity contribution is 9.10. The van der Waals surface area contributed by atoms with Crippen molar-refractivity contribution < 1.29 is 17.9 Å². The number of sulfonamides is 1. The second-order valence-electron chi connectivity index (χ2n) is 3.34. The lowest BCUT2D eigenvalue weighted by Crippen LogP contribution is -2.11. The molecule has 0 heterocycles. The van der Waals surface area contributed by atoms with Crippen LogP contribution in [0.3, 0.4) is 0 Å². The van der Waals surface area contributed by atoms with Crippen molar-refractivity contribution in [2.45, 2.75) is 11.8 Å². The number of carbonyl (C=O) groups is 1. The molecule has 2 N–H and O–H groups in total. The topological polar surface area (TPSA) is 98.8 Å². The average molecular weight is 335 g/mol. The molecule has 0 spiro atoms. The minimum atomic E-state index is -3.95. The number of halogens is 1. The van der Waals surface area contributed by atoms with Crippen molar-refractivity contribution in [3.8, 4) is 0 Å². The Bertz CT molecular complexity index is 606. The molecule has 0 aliphatic heterocycles. The van der Waals surface area contributed by atoms with E-state index in [4.69, 9.17) is 5.73 Å². The van der Waals surface area contributed by atoms with Gasteiger partial charge in [-0.05, 0) is 41.1 Å². The van der Waals surface area contributed by atoms with Crippen LogP contribution in [0.2, 0.25) is 0 Å². The van der Waals surface area contributed by atoms with Gasteiger partial charge in [0.2, 0.25) is 0 Å². The van der Waals surface area contributed by atoms with Gasteiger partial charge in [0.25, 0.3) is 10.0 Å². The van der Waals surface area contributed by atoms with Crippen LogP contribution in [-0.2, 0) is 14.8 Å². The summed E-state index contributed by atoms with van der Waals surface area (Å²) in [4.78, 5) is 11.2. The Labute approximate surface area is 113 Å². The molecule has 0 radical (unpaired) electrons. The van der Waals surface area contributed by atoms with Crippen molar-refractivity contribution in [3.63, 3.8) is 0 Å². The van der Waals surface area contributed by atoms with Gasteiger partial charge < -0.3 is 10.5 Å². The second kappa shape index (κ2) is 5.49. The number of benzene rings is 1. The van der Waals surface area contributed by atoms with E-state index in [1.807, 2.05) is 0 Å². The summed E-state index contributed by atoms with van der Waals surface area (Å²) >= 11 is 3.09. The lowest BCUT2D eigenvalue weighted by molar-refractivity contribution is 0.0600. The summed E-state index contributed by atoms with van der Waals surface area (Å²) in [6, 6.07) is 4.05. The number of amidine groups is 1. The van der Waals surface area contributed by atoms with Gasteiger partial charge in [0, 0.05) is 4.47 Å². The number of nitrogens with two attached hydrogens (primary N) is 1. The van der Waals surface area contributed by atoms with Crippen LogP contribution in [0.1, 0.15) is 17.3 Å². The Morgan fingerprint density at radius 3 is 2.56 bits per heavy atom. The normalized spacial score (nSPS) is 12.3. The van der Waals surface area contributed by atoms with Crippen molar-refractivity contribution in [3.05, 3.63) is 28.2 Å². The summed E-state index contributed by atoms with van der Waals surface area (Å²) in [5.74, 6) is -0.724. The van der Waals surface area contributed by atoms with Crippen LogP contribution in [0.4, 0.5) is 0 Å². The van der Waals surface area contributed by atoms with Crippen LogP contribution in [-0.4, -0.2) is 27.3 Å². The Morgan fingerprint density at radius 2 is 2.06 bits per heavy atom. The zero-order valence-electron chi connectivity index (χ0n) is 9.68. The quantitative estimate of drug-likeness (QED) is 0.510. The van der Waals surface area contributed by atoms with Crippen LogP contribution < -0.4 is 5.73 Å². The zero-order valence-corrected chi connectivity index (χ0v) is 12.1. The van der Waals surface area contributed by atoms with Crippen molar-refractivity contribution in [2.75, 3.05) is 7.11 Å². The lowest BCUT2D eigenvalue weighted by atomic mass is 10.2. The fourth-order valence-corrected chi connectivity index (χ4v) is 3.11. The minimum absolute atomic E-state index is 0.0922. The van der Waals surface area contributed by atoms with Crippen LogP contribution in [0, 0.1) is 0 Å². The molecule has 0 unspecified atom stereocenters. The summed E-state index contributed by atoms with van der Waals surface area (Å²) < 4.78 is 31.9. The third kappa shape index (κ3) is 3.30. The fourth-order valence-electron chi connectivity index (χ4n) is 1.18. The van der Waals surface area contributed by atoms with Gasteiger partial charge in [0.1, 0.15) is 10.7 Å². The van der Waals surface area contributed by atoms with Gasteiger partial charge in [-0.15, -0.1) is 4.40 Å². The summed E-state index contributed by atoms with van der Waals surface area (Å²) in [7, 11) is -2.74. The number of carbonyl (C=O) groups excluding carboxylic acids is 1. The van der Waals surface area contributed by atoms with Crippen molar-refractivity contribution in [2.24, 2.45) is 10.1 Å². The van der Waals surface area contributed by atoms with Crippen molar-refractivity contribution in [1.82, 2.24) is 0 Å². The molecule has 0 aromatic heterocycles. The van der Waals surface area contributed by atoms with E-state index < -0.39 is 16.0 Å². The van der Waals surface area contributed by atoms with Crippen molar-refractivity contribution >= 4 is 37.8 Å². The highest BCUT2D eigenvalue weighted by Crippen LogP contribution is 2.25. The number of methoxy groups -OCH3 is 1. The van der Waals surface area contributed by atoms with Crippen LogP contribution in [0.5, 0.6) is 0 Å². The largest absolute Gasteiger partial charge is 0.465 e. The van der Waals surface area contributed by atoms with Crippen LogP contribution in [0.15, 0.2) is 32.0 Å².